The molecule has 3 aliphatic rings. The fourth-order valence-electron chi connectivity index (χ4n) is 4.67. The molecule has 3 heterocycles. The van der Waals surface area contributed by atoms with Gasteiger partial charge in [-0.3, -0.25) is 4.79 Å². The number of rotatable bonds is 9. The number of amides is 1. The second-order valence-corrected chi connectivity index (χ2v) is 9.40. The summed E-state index contributed by atoms with van der Waals surface area (Å²) >= 11 is 1.43. The number of nitrogens with zero attached hydrogens (tertiary/aromatic N) is 3. The Morgan fingerprint density at radius 3 is 2.63 bits per heavy atom. The zero-order valence-electron chi connectivity index (χ0n) is 20.6. The summed E-state index contributed by atoms with van der Waals surface area (Å²) in [5, 5.41) is 5.66. The first-order valence-corrected chi connectivity index (χ1v) is 12.6. The number of carbonyl (C=O) groups is 2. The zero-order chi connectivity index (χ0) is 24.9. The number of carbonyl (C=O) groups excluding carboxylic acids is 2. The van der Waals surface area contributed by atoms with Gasteiger partial charge in [-0.1, -0.05) is 11.8 Å². The zero-order valence-corrected chi connectivity index (χ0v) is 21.4. The van der Waals surface area contributed by atoms with Crippen LogP contribution in [0.1, 0.15) is 37.8 Å². The second-order valence-electron chi connectivity index (χ2n) is 8.57. The average molecular weight is 501 g/mol. The Hall–Kier alpha value is -2.98. The molecule has 0 spiro atoms. The lowest BCUT2D eigenvalue weighted by Crippen LogP contribution is -2.39. The molecule has 1 aromatic rings. The second kappa shape index (κ2) is 11.2. The quantitative estimate of drug-likeness (QED) is 0.518. The lowest BCUT2D eigenvalue weighted by Gasteiger charge is -2.36. The average Bonchev–Trinajstić information content (AvgIpc) is 3.52. The van der Waals surface area contributed by atoms with Crippen LogP contribution in [-0.2, 0) is 14.3 Å². The summed E-state index contributed by atoms with van der Waals surface area (Å²) < 4.78 is 16.2. The first-order chi connectivity index (χ1) is 17.0. The number of amidine groups is 1. The number of likely N-dealkylation sites (tertiary alicyclic amines) is 1. The van der Waals surface area contributed by atoms with Crippen molar-refractivity contribution in [2.75, 3.05) is 47.5 Å². The van der Waals surface area contributed by atoms with Crippen molar-refractivity contribution in [1.82, 2.24) is 15.1 Å². The van der Waals surface area contributed by atoms with E-state index < -0.39 is 12.0 Å². The molecule has 1 unspecified atom stereocenters. The number of thioether (sulfide) groups is 1. The molecule has 0 radical (unpaired) electrons. The number of fused-ring (bicyclic) bond motifs is 1. The third-order valence-electron chi connectivity index (χ3n) is 6.43. The first kappa shape index (κ1) is 25.1. The summed E-state index contributed by atoms with van der Waals surface area (Å²) in [6.45, 7) is 5.45. The fourth-order valence-corrected chi connectivity index (χ4v) is 5.64. The number of aliphatic imine (C=N–C) groups is 1. The summed E-state index contributed by atoms with van der Waals surface area (Å²) in [5.74, 6) is 0.673. The number of esters is 1. The van der Waals surface area contributed by atoms with Gasteiger partial charge < -0.3 is 29.3 Å². The molecule has 10 heteroatoms. The van der Waals surface area contributed by atoms with Crippen molar-refractivity contribution in [2.45, 2.75) is 32.2 Å². The maximum absolute atomic E-state index is 12.9. The van der Waals surface area contributed by atoms with Gasteiger partial charge in [0.2, 0.25) is 5.91 Å². The van der Waals surface area contributed by atoms with E-state index in [1.54, 1.807) is 27.2 Å². The Balaban J connectivity index is 1.62. The molecule has 35 heavy (non-hydrogen) atoms. The van der Waals surface area contributed by atoms with E-state index in [0.29, 0.717) is 34.5 Å². The summed E-state index contributed by atoms with van der Waals surface area (Å²) in [6.07, 6.45) is 2.61. The number of allylic oxidation sites excluding steroid dienone is 1. The number of benzene rings is 1. The van der Waals surface area contributed by atoms with Crippen molar-refractivity contribution in [3.63, 3.8) is 0 Å². The van der Waals surface area contributed by atoms with Crippen molar-refractivity contribution in [1.29, 1.82) is 0 Å². The molecule has 1 fully saturated rings. The molecule has 3 aliphatic heterocycles. The van der Waals surface area contributed by atoms with E-state index in [9.17, 15) is 9.59 Å². The van der Waals surface area contributed by atoms with Crippen LogP contribution in [0.4, 0.5) is 0 Å². The minimum absolute atomic E-state index is 0.0699. The molecule has 1 aromatic carbocycles. The highest BCUT2D eigenvalue weighted by Crippen LogP contribution is 2.47. The van der Waals surface area contributed by atoms with E-state index in [4.69, 9.17) is 14.2 Å². The van der Waals surface area contributed by atoms with Crippen LogP contribution in [0.2, 0.25) is 0 Å². The van der Waals surface area contributed by atoms with Crippen LogP contribution in [0.3, 0.4) is 0 Å². The van der Waals surface area contributed by atoms with Crippen LogP contribution >= 0.6 is 11.8 Å². The molecule has 9 nitrogen and oxygen atoms in total. The number of hydrogen-bond donors (Lipinski definition) is 1. The highest BCUT2D eigenvalue weighted by atomic mass is 32.2. The Morgan fingerprint density at radius 2 is 1.94 bits per heavy atom. The van der Waals surface area contributed by atoms with Crippen molar-refractivity contribution < 1.29 is 23.8 Å². The third kappa shape index (κ3) is 5.33. The summed E-state index contributed by atoms with van der Waals surface area (Å²) in [4.78, 5) is 34.8. The van der Waals surface area contributed by atoms with Gasteiger partial charge >= 0.3 is 5.97 Å². The lowest BCUT2D eigenvalue weighted by molar-refractivity contribution is -0.136. The van der Waals surface area contributed by atoms with Gasteiger partial charge in [-0.15, -0.1) is 0 Å². The molecule has 1 N–H and O–H groups in total. The molecule has 4 rings (SSSR count). The van der Waals surface area contributed by atoms with Gasteiger partial charge in [0.15, 0.2) is 5.17 Å². The van der Waals surface area contributed by atoms with Crippen molar-refractivity contribution in [2.24, 2.45) is 4.99 Å². The van der Waals surface area contributed by atoms with E-state index in [1.165, 1.54) is 31.7 Å². The van der Waals surface area contributed by atoms with Crippen LogP contribution in [-0.4, -0.2) is 74.4 Å². The Morgan fingerprint density at radius 1 is 1.17 bits per heavy atom. The number of methoxy groups -OCH3 is 3. The predicted octanol–water partition coefficient (Wildman–Crippen LogP) is 3.05. The molecular formula is C25H32N4O5S. The molecule has 0 aromatic heterocycles. The molecular weight excluding hydrogens is 468 g/mol. The molecule has 1 amide bonds. The summed E-state index contributed by atoms with van der Waals surface area (Å²) in [6, 6.07) is 4.87. The van der Waals surface area contributed by atoms with E-state index in [1.807, 2.05) is 22.4 Å². The predicted molar refractivity (Wildman–Crippen MR) is 135 cm³/mol. The Labute approximate surface area is 210 Å². The molecule has 188 valence electrons. The molecule has 0 bridgehead atoms. The smallest absolute Gasteiger partial charge is 0.338 e. The van der Waals surface area contributed by atoms with E-state index in [2.05, 4.69) is 15.2 Å². The Kier molecular flexibility index (Phi) is 8.02. The number of ether oxygens (including phenoxy) is 3. The van der Waals surface area contributed by atoms with Crippen LogP contribution < -0.4 is 14.8 Å². The molecule has 0 aliphatic carbocycles. The van der Waals surface area contributed by atoms with Gasteiger partial charge in [-0.25, -0.2) is 9.79 Å². The van der Waals surface area contributed by atoms with Crippen LogP contribution in [0, 0.1) is 0 Å². The fraction of sp³-hybridized carbons (Fsp3) is 0.480. The van der Waals surface area contributed by atoms with Gasteiger partial charge in [0, 0.05) is 24.4 Å². The van der Waals surface area contributed by atoms with Crippen molar-refractivity contribution in [3.8, 4) is 11.5 Å². The largest absolute Gasteiger partial charge is 0.497 e. The topological polar surface area (TPSA) is 92.7 Å². The number of hydrogen-bond acceptors (Lipinski definition) is 9. The molecule has 0 saturated carbocycles. The van der Waals surface area contributed by atoms with Gasteiger partial charge in [-0.2, -0.15) is 0 Å². The summed E-state index contributed by atoms with van der Waals surface area (Å²) in [5.41, 5.74) is 2.44. The Bertz CT molecular complexity index is 1080. The first-order valence-electron chi connectivity index (χ1n) is 11.7. The van der Waals surface area contributed by atoms with E-state index in [-0.39, 0.29) is 12.3 Å². The third-order valence-corrected chi connectivity index (χ3v) is 7.32. The highest BCUT2D eigenvalue weighted by molar-refractivity contribution is 8.16. The van der Waals surface area contributed by atoms with Crippen LogP contribution in [0.15, 0.2) is 45.6 Å². The van der Waals surface area contributed by atoms with Gasteiger partial charge in [0.25, 0.3) is 0 Å². The summed E-state index contributed by atoms with van der Waals surface area (Å²) in [7, 11) is 4.52. The van der Waals surface area contributed by atoms with Crippen LogP contribution in [0.25, 0.3) is 0 Å². The minimum atomic E-state index is -0.585. The standard InChI is InChI=1S/C25H32N4O5S/c1-16-22(24(31)34-4)23(19-14-18(32-2)7-8-20(19)33-3)29-17(15-35-25(29)27-16)13-21(30)26-9-12-28-10-5-6-11-28/h7-8,14-15,23H,5-6,9-13H2,1-4H3,(H,26,30). The van der Waals surface area contributed by atoms with E-state index >= 15 is 0 Å². The molecule has 1 saturated heterocycles. The van der Waals surface area contributed by atoms with Gasteiger partial charge in [-0.05, 0) is 56.5 Å². The van der Waals surface area contributed by atoms with Gasteiger partial charge in [0.1, 0.15) is 11.5 Å². The van der Waals surface area contributed by atoms with Crippen LogP contribution in [0.5, 0.6) is 11.5 Å². The highest BCUT2D eigenvalue weighted by Gasteiger charge is 2.42. The minimum Gasteiger partial charge on any atom is -0.497 e. The maximum Gasteiger partial charge on any atom is 0.338 e. The monoisotopic (exact) mass is 500 g/mol. The normalized spacial score (nSPS) is 19.8. The maximum atomic E-state index is 12.9. The SMILES string of the molecule is COC(=O)C1=C(C)N=C2SC=C(CC(=O)NCCN3CCCC3)N2C1c1cc(OC)ccc1OC. The van der Waals surface area contributed by atoms with E-state index in [0.717, 1.165) is 30.9 Å². The van der Waals surface area contributed by atoms with Crippen molar-refractivity contribution >= 4 is 28.8 Å². The van der Waals surface area contributed by atoms with Crippen molar-refractivity contribution in [3.05, 3.63) is 46.1 Å². The van der Waals surface area contributed by atoms with Gasteiger partial charge in [0.05, 0.1) is 45.1 Å². The number of nitrogens with one attached hydrogen (secondary N) is 1. The lowest BCUT2D eigenvalue weighted by atomic mass is 9.93. The molecule has 1 atom stereocenters.